The second-order valence-electron chi connectivity index (χ2n) is 17.4. The molecule has 0 unspecified atom stereocenters. The summed E-state index contributed by atoms with van der Waals surface area (Å²) in [5.74, 6) is 1.60. The Morgan fingerprint density at radius 3 is 1.37 bits per heavy atom. The summed E-state index contributed by atoms with van der Waals surface area (Å²) in [7, 11) is 0. The minimum atomic E-state index is 0.636. The standard InChI is InChI=1S/C62H40N6/c1-5-19-44(20-6-1)65(45-21-7-2-8-22-45)61-53-40-43(41-33-35-57-51(37-41)48-27-13-16-30-55(48)66(57)46-23-9-3-10-24-46)39-50(60(53)64-62-63-54-29-15-18-32-59(54)68(61)62)42-34-36-58-52(38-42)49-28-14-17-31-56(49)67(58)47-25-11-4-12-26-47/h1-40H. The van der Waals surface area contributed by atoms with Gasteiger partial charge in [0.1, 0.15) is 5.82 Å². The quantitative estimate of drug-likeness (QED) is 0.160. The van der Waals surface area contributed by atoms with Crippen LogP contribution in [0.4, 0.5) is 17.2 Å². The molecule has 0 radical (unpaired) electrons. The van der Waals surface area contributed by atoms with Crippen molar-refractivity contribution in [2.45, 2.75) is 0 Å². The maximum Gasteiger partial charge on any atom is 0.237 e. The first-order chi connectivity index (χ1) is 33.7. The van der Waals surface area contributed by atoms with Crippen LogP contribution in [0.25, 0.3) is 105 Å². The van der Waals surface area contributed by atoms with Crippen LogP contribution in [-0.4, -0.2) is 23.5 Å². The molecule has 0 aliphatic rings. The number of benzene rings is 10. The molecular weight excluding hydrogens is 829 g/mol. The van der Waals surface area contributed by atoms with Crippen LogP contribution in [0.3, 0.4) is 0 Å². The summed E-state index contributed by atoms with van der Waals surface area (Å²) in [6.07, 6.45) is 0. The molecule has 318 valence electrons. The number of imidazole rings is 1. The molecule has 0 N–H and O–H groups in total. The minimum absolute atomic E-state index is 0.636. The van der Waals surface area contributed by atoms with Crippen LogP contribution < -0.4 is 4.90 Å². The molecule has 10 aromatic carbocycles. The highest BCUT2D eigenvalue weighted by molar-refractivity contribution is 6.14. The van der Waals surface area contributed by atoms with E-state index in [-0.39, 0.29) is 0 Å². The van der Waals surface area contributed by atoms with Crippen molar-refractivity contribution in [3.63, 3.8) is 0 Å². The van der Waals surface area contributed by atoms with E-state index >= 15 is 0 Å². The van der Waals surface area contributed by atoms with E-state index in [1.165, 1.54) is 32.6 Å². The van der Waals surface area contributed by atoms with Crippen molar-refractivity contribution in [1.82, 2.24) is 23.5 Å². The predicted molar refractivity (Wildman–Crippen MR) is 282 cm³/mol. The van der Waals surface area contributed by atoms with Crippen molar-refractivity contribution in [3.05, 3.63) is 243 Å². The number of fused-ring (bicyclic) bond motifs is 10. The normalized spacial score (nSPS) is 11.8. The van der Waals surface area contributed by atoms with Crippen LogP contribution in [0.15, 0.2) is 243 Å². The smallest absolute Gasteiger partial charge is 0.237 e. The molecule has 0 aliphatic carbocycles. The third-order valence-electron chi connectivity index (χ3n) is 13.6. The molecule has 0 amide bonds. The van der Waals surface area contributed by atoms with Crippen LogP contribution in [0.5, 0.6) is 0 Å². The Balaban J connectivity index is 1.12. The van der Waals surface area contributed by atoms with Gasteiger partial charge in [0.2, 0.25) is 5.78 Å². The van der Waals surface area contributed by atoms with Gasteiger partial charge in [-0.1, -0.05) is 133 Å². The lowest BCUT2D eigenvalue weighted by Crippen LogP contribution is -2.15. The van der Waals surface area contributed by atoms with E-state index in [1.807, 2.05) is 0 Å². The van der Waals surface area contributed by atoms with Gasteiger partial charge in [-0.05, 0) is 126 Å². The first kappa shape index (κ1) is 38.1. The Morgan fingerprint density at radius 2 is 0.779 bits per heavy atom. The van der Waals surface area contributed by atoms with Gasteiger partial charge < -0.3 is 9.13 Å². The zero-order valence-corrected chi connectivity index (χ0v) is 36.8. The van der Waals surface area contributed by atoms with Crippen molar-refractivity contribution in [2.75, 3.05) is 4.90 Å². The van der Waals surface area contributed by atoms with E-state index in [4.69, 9.17) is 9.97 Å². The van der Waals surface area contributed by atoms with Gasteiger partial charge in [0.25, 0.3) is 0 Å². The van der Waals surface area contributed by atoms with E-state index < -0.39 is 0 Å². The zero-order chi connectivity index (χ0) is 44.7. The number of hydrogen-bond acceptors (Lipinski definition) is 3. The van der Waals surface area contributed by atoms with Gasteiger partial charge in [0.05, 0.1) is 38.6 Å². The first-order valence-corrected chi connectivity index (χ1v) is 23.1. The van der Waals surface area contributed by atoms with Crippen molar-refractivity contribution in [2.24, 2.45) is 0 Å². The summed E-state index contributed by atoms with van der Waals surface area (Å²) in [5, 5.41) is 5.79. The molecule has 6 heteroatoms. The Labute approximate surface area is 391 Å². The van der Waals surface area contributed by atoms with Crippen LogP contribution >= 0.6 is 0 Å². The van der Waals surface area contributed by atoms with E-state index in [2.05, 4.69) is 261 Å². The van der Waals surface area contributed by atoms with Crippen LogP contribution in [-0.2, 0) is 0 Å². The highest BCUT2D eigenvalue weighted by Crippen LogP contribution is 2.46. The molecular formula is C62H40N6. The molecule has 0 bridgehead atoms. The van der Waals surface area contributed by atoms with Crippen LogP contribution in [0, 0.1) is 0 Å². The third kappa shape index (κ3) is 5.84. The second-order valence-corrected chi connectivity index (χ2v) is 17.4. The maximum atomic E-state index is 5.60. The minimum Gasteiger partial charge on any atom is -0.309 e. The average molecular weight is 869 g/mol. The second kappa shape index (κ2) is 15.2. The zero-order valence-electron chi connectivity index (χ0n) is 36.8. The Morgan fingerprint density at radius 1 is 0.324 bits per heavy atom. The van der Waals surface area contributed by atoms with E-state index in [1.54, 1.807) is 0 Å². The van der Waals surface area contributed by atoms with Gasteiger partial charge in [-0.2, -0.15) is 0 Å². The predicted octanol–water partition coefficient (Wildman–Crippen LogP) is 16.0. The SMILES string of the molecule is c1ccc(N(c2ccccc2)c2c3cc(-c4ccc5c(c4)c4ccccc4n5-c4ccccc4)cc(-c4ccc5c(c4)c4ccccc4n5-c4ccccc4)c3nc3nc4ccccc4n23)cc1. The fourth-order valence-electron chi connectivity index (χ4n) is 10.6. The molecule has 0 atom stereocenters. The number of aromatic nitrogens is 5. The van der Waals surface area contributed by atoms with E-state index in [9.17, 15) is 0 Å². The fraction of sp³-hybridized carbons (Fsp3) is 0. The lowest BCUT2D eigenvalue weighted by molar-refractivity contribution is 1.11. The molecule has 6 nitrogen and oxygen atoms in total. The Kier molecular flexibility index (Phi) is 8.48. The third-order valence-corrected chi connectivity index (χ3v) is 13.6. The van der Waals surface area contributed by atoms with Crippen molar-refractivity contribution < 1.29 is 0 Å². The number of nitrogens with zero attached hydrogens (tertiary/aromatic N) is 6. The monoisotopic (exact) mass is 868 g/mol. The number of para-hydroxylation sites is 8. The fourth-order valence-corrected chi connectivity index (χ4v) is 10.6. The lowest BCUT2D eigenvalue weighted by Gasteiger charge is -2.28. The molecule has 0 saturated heterocycles. The van der Waals surface area contributed by atoms with Gasteiger partial charge in [-0.25, -0.2) is 9.97 Å². The van der Waals surface area contributed by atoms with Gasteiger partial charge >= 0.3 is 0 Å². The van der Waals surface area contributed by atoms with Crippen LogP contribution in [0.1, 0.15) is 0 Å². The summed E-state index contributed by atoms with van der Waals surface area (Å²) in [6.45, 7) is 0. The number of rotatable bonds is 7. The molecule has 0 aliphatic heterocycles. The molecule has 14 rings (SSSR count). The number of anilines is 3. The largest absolute Gasteiger partial charge is 0.309 e. The van der Waals surface area contributed by atoms with E-state index in [0.717, 1.165) is 83.8 Å². The molecule has 68 heavy (non-hydrogen) atoms. The van der Waals surface area contributed by atoms with Crippen molar-refractivity contribution in [1.29, 1.82) is 0 Å². The average Bonchev–Trinajstić information content (AvgIpc) is 4.06. The summed E-state index contributed by atoms with van der Waals surface area (Å²) in [6, 6.07) is 87.0. The summed E-state index contributed by atoms with van der Waals surface area (Å²) < 4.78 is 7.00. The first-order valence-electron chi connectivity index (χ1n) is 23.1. The Hall–Kier alpha value is -9.26. The topological polar surface area (TPSA) is 43.3 Å². The van der Waals surface area contributed by atoms with Crippen molar-refractivity contribution in [3.8, 4) is 33.6 Å². The lowest BCUT2D eigenvalue weighted by atomic mass is 9.94. The molecule has 4 heterocycles. The number of hydrogen-bond donors (Lipinski definition) is 0. The molecule has 0 fully saturated rings. The summed E-state index contributed by atoms with van der Waals surface area (Å²) in [5.41, 5.74) is 16.0. The van der Waals surface area contributed by atoms with Crippen molar-refractivity contribution >= 4 is 88.5 Å². The van der Waals surface area contributed by atoms with Gasteiger partial charge in [0.15, 0.2) is 0 Å². The molecule has 14 aromatic rings. The molecule has 0 saturated carbocycles. The molecule has 4 aromatic heterocycles. The summed E-state index contributed by atoms with van der Waals surface area (Å²) >= 11 is 0. The van der Waals surface area contributed by atoms with E-state index in [0.29, 0.717) is 5.78 Å². The van der Waals surface area contributed by atoms with Crippen LogP contribution in [0.2, 0.25) is 0 Å². The highest BCUT2D eigenvalue weighted by atomic mass is 15.3. The highest BCUT2D eigenvalue weighted by Gasteiger charge is 2.26. The van der Waals surface area contributed by atoms with Gasteiger partial charge in [-0.15, -0.1) is 0 Å². The molecule has 0 spiro atoms. The van der Waals surface area contributed by atoms with Gasteiger partial charge in [0, 0.05) is 55.2 Å². The summed E-state index contributed by atoms with van der Waals surface area (Å²) in [4.78, 5) is 13.2. The maximum absolute atomic E-state index is 5.60. The van der Waals surface area contributed by atoms with Gasteiger partial charge in [-0.3, -0.25) is 9.30 Å². The Bertz CT molecular complexity index is 4210.